The van der Waals surface area contributed by atoms with Gasteiger partial charge < -0.3 is 14.8 Å². The summed E-state index contributed by atoms with van der Waals surface area (Å²) in [5.41, 5.74) is 1.82. The van der Waals surface area contributed by atoms with Crippen molar-refractivity contribution in [2.75, 3.05) is 25.3 Å². The first-order valence-electron chi connectivity index (χ1n) is 7.31. The summed E-state index contributed by atoms with van der Waals surface area (Å²) in [7, 11) is 3.05. The summed E-state index contributed by atoms with van der Waals surface area (Å²) in [6.45, 7) is 0. The minimum absolute atomic E-state index is 0.181. The maximum atomic E-state index is 12.1. The lowest BCUT2D eigenvalue weighted by molar-refractivity contribution is -0.113. The molecular formula is C16H15ClN4O3S. The van der Waals surface area contributed by atoms with Gasteiger partial charge in [-0.05, 0) is 11.6 Å². The number of carbonyl (C=O) groups is 1. The molecule has 0 atom stereocenters. The number of aromatic nitrogens is 2. The number of rotatable bonds is 5. The van der Waals surface area contributed by atoms with Crippen LogP contribution < -0.4 is 14.8 Å². The van der Waals surface area contributed by atoms with Crippen LogP contribution in [0.25, 0.3) is 0 Å². The number of anilines is 1. The number of ether oxygens (including phenoxy) is 2. The summed E-state index contributed by atoms with van der Waals surface area (Å²) in [5.74, 6) is 1.44. The lowest BCUT2D eigenvalue weighted by Gasteiger charge is -2.09. The zero-order chi connectivity index (χ0) is 17.8. The van der Waals surface area contributed by atoms with E-state index in [0.29, 0.717) is 28.9 Å². The summed E-state index contributed by atoms with van der Waals surface area (Å²) in [5, 5.41) is 4.03. The van der Waals surface area contributed by atoms with Crippen LogP contribution in [0.4, 0.5) is 11.5 Å². The van der Waals surface area contributed by atoms with Gasteiger partial charge in [-0.1, -0.05) is 11.6 Å². The quantitative estimate of drug-likeness (QED) is 0.804. The number of carbonyl (C=O) groups excluding carboxylic acids is 1. The van der Waals surface area contributed by atoms with Gasteiger partial charge in [-0.2, -0.15) is 0 Å². The monoisotopic (exact) mass is 378 g/mol. The molecular weight excluding hydrogens is 364 g/mol. The largest absolute Gasteiger partial charge is 0.493 e. The summed E-state index contributed by atoms with van der Waals surface area (Å²) >= 11 is 7.25. The molecule has 2 aromatic rings. The number of thioether (sulfide) groups is 1. The molecule has 25 heavy (non-hydrogen) atoms. The molecule has 3 rings (SSSR count). The maximum absolute atomic E-state index is 12.1. The van der Waals surface area contributed by atoms with Crippen molar-refractivity contribution < 1.29 is 14.3 Å². The van der Waals surface area contributed by atoms with Gasteiger partial charge in [0.05, 0.1) is 43.1 Å². The number of aliphatic imine (C=N–C) groups is 1. The number of nitrogens with zero attached hydrogens (tertiary/aromatic N) is 3. The van der Waals surface area contributed by atoms with Crippen molar-refractivity contribution in [3.05, 3.63) is 35.2 Å². The molecule has 0 spiro atoms. The Morgan fingerprint density at radius 2 is 2.04 bits per heavy atom. The van der Waals surface area contributed by atoms with Crippen LogP contribution in [-0.4, -0.2) is 40.9 Å². The molecule has 0 aliphatic carbocycles. The molecule has 0 saturated carbocycles. The highest BCUT2D eigenvalue weighted by Gasteiger charge is 2.17. The number of hydrogen-bond acceptors (Lipinski definition) is 7. The molecule has 0 fully saturated rings. The van der Waals surface area contributed by atoms with E-state index in [2.05, 4.69) is 20.3 Å². The number of halogens is 1. The predicted octanol–water partition coefficient (Wildman–Crippen LogP) is 3.11. The normalized spacial score (nSPS) is 12.4. The van der Waals surface area contributed by atoms with Gasteiger partial charge in [0, 0.05) is 12.5 Å². The van der Waals surface area contributed by atoms with Crippen molar-refractivity contribution >= 4 is 45.8 Å². The SMILES string of the molecule is COc1cnc(NC(=O)CSC2=Nc3cnc(Cl)cc3C2)cc1OC. The van der Waals surface area contributed by atoms with E-state index in [0.717, 1.165) is 16.3 Å². The molecule has 1 aliphatic rings. The Labute approximate surface area is 153 Å². The molecule has 0 saturated heterocycles. The molecule has 1 amide bonds. The Kier molecular flexibility index (Phi) is 5.40. The average molecular weight is 379 g/mol. The highest BCUT2D eigenvalue weighted by molar-refractivity contribution is 8.14. The van der Waals surface area contributed by atoms with Crippen molar-refractivity contribution in [2.45, 2.75) is 6.42 Å². The van der Waals surface area contributed by atoms with E-state index < -0.39 is 0 Å². The van der Waals surface area contributed by atoms with Gasteiger partial charge in [0.2, 0.25) is 5.91 Å². The molecule has 2 aromatic heterocycles. The second-order valence-electron chi connectivity index (χ2n) is 5.08. The van der Waals surface area contributed by atoms with Crippen molar-refractivity contribution in [1.29, 1.82) is 0 Å². The third-order valence-corrected chi connectivity index (χ3v) is 4.61. The van der Waals surface area contributed by atoms with E-state index in [4.69, 9.17) is 21.1 Å². The van der Waals surface area contributed by atoms with Crippen molar-refractivity contribution in [1.82, 2.24) is 9.97 Å². The van der Waals surface area contributed by atoms with Gasteiger partial charge >= 0.3 is 0 Å². The number of pyridine rings is 2. The minimum Gasteiger partial charge on any atom is -0.493 e. The Morgan fingerprint density at radius 1 is 1.24 bits per heavy atom. The van der Waals surface area contributed by atoms with Crippen LogP contribution in [0.2, 0.25) is 5.15 Å². The molecule has 0 bridgehead atoms. The molecule has 0 aromatic carbocycles. The van der Waals surface area contributed by atoms with Crippen LogP contribution in [0.3, 0.4) is 0 Å². The second-order valence-corrected chi connectivity index (χ2v) is 6.52. The van der Waals surface area contributed by atoms with Crippen LogP contribution in [0.5, 0.6) is 11.5 Å². The van der Waals surface area contributed by atoms with E-state index in [9.17, 15) is 4.79 Å². The molecule has 1 N–H and O–H groups in total. The Bertz CT molecular complexity index is 844. The van der Waals surface area contributed by atoms with E-state index in [-0.39, 0.29) is 11.7 Å². The molecule has 3 heterocycles. The van der Waals surface area contributed by atoms with Gasteiger partial charge in [0.15, 0.2) is 11.5 Å². The predicted molar refractivity (Wildman–Crippen MR) is 98.5 cm³/mol. The number of amides is 1. The standard InChI is InChI=1S/C16H15ClN4O3S/c1-23-11-5-14(19-7-12(11)24-2)21-15(22)8-25-16-4-9-3-13(17)18-6-10(9)20-16/h3,5-7H,4,8H2,1-2H3,(H,19,21,22). The molecule has 9 heteroatoms. The van der Waals surface area contributed by atoms with Gasteiger partial charge in [-0.25, -0.2) is 15.0 Å². The van der Waals surface area contributed by atoms with E-state index in [1.54, 1.807) is 18.3 Å². The highest BCUT2D eigenvalue weighted by Crippen LogP contribution is 2.31. The molecule has 0 radical (unpaired) electrons. The Hall–Kier alpha value is -2.32. The zero-order valence-corrected chi connectivity index (χ0v) is 15.1. The number of fused-ring (bicyclic) bond motifs is 1. The van der Waals surface area contributed by atoms with Crippen molar-refractivity contribution in [2.24, 2.45) is 4.99 Å². The topological polar surface area (TPSA) is 85.7 Å². The number of nitrogens with one attached hydrogen (secondary N) is 1. The van der Waals surface area contributed by atoms with Crippen LogP contribution in [0.1, 0.15) is 5.56 Å². The van der Waals surface area contributed by atoms with Crippen LogP contribution in [0.15, 0.2) is 29.5 Å². The summed E-state index contributed by atoms with van der Waals surface area (Å²) in [6, 6.07) is 3.40. The first-order valence-corrected chi connectivity index (χ1v) is 8.68. The third-order valence-electron chi connectivity index (χ3n) is 3.43. The fourth-order valence-electron chi connectivity index (χ4n) is 2.26. The minimum atomic E-state index is -0.181. The Morgan fingerprint density at radius 3 is 2.80 bits per heavy atom. The zero-order valence-electron chi connectivity index (χ0n) is 13.6. The average Bonchev–Trinajstić information content (AvgIpc) is 3.01. The van der Waals surface area contributed by atoms with Gasteiger partial charge in [-0.3, -0.25) is 4.79 Å². The van der Waals surface area contributed by atoms with Gasteiger partial charge in [0.1, 0.15) is 11.0 Å². The molecule has 130 valence electrons. The molecule has 0 unspecified atom stereocenters. The number of methoxy groups -OCH3 is 2. The fourth-order valence-corrected chi connectivity index (χ4v) is 3.23. The summed E-state index contributed by atoms with van der Waals surface area (Å²) in [4.78, 5) is 24.7. The van der Waals surface area contributed by atoms with Crippen molar-refractivity contribution in [3.8, 4) is 11.5 Å². The fraction of sp³-hybridized carbons (Fsp3) is 0.250. The first kappa shape index (κ1) is 17.5. The van der Waals surface area contributed by atoms with Crippen LogP contribution in [-0.2, 0) is 11.2 Å². The molecule has 7 nitrogen and oxygen atoms in total. The summed E-state index contributed by atoms with van der Waals surface area (Å²) in [6.07, 6.45) is 3.79. The smallest absolute Gasteiger partial charge is 0.235 e. The van der Waals surface area contributed by atoms with Crippen LogP contribution in [0, 0.1) is 0 Å². The van der Waals surface area contributed by atoms with Gasteiger partial charge in [0.25, 0.3) is 0 Å². The Balaban J connectivity index is 1.56. The van der Waals surface area contributed by atoms with Crippen LogP contribution >= 0.6 is 23.4 Å². The lowest BCUT2D eigenvalue weighted by atomic mass is 10.2. The third kappa shape index (κ3) is 4.21. The second kappa shape index (κ2) is 7.71. The van der Waals surface area contributed by atoms with Gasteiger partial charge in [-0.15, -0.1) is 11.8 Å². The van der Waals surface area contributed by atoms with E-state index in [1.165, 1.54) is 32.2 Å². The maximum Gasteiger partial charge on any atom is 0.235 e. The van der Waals surface area contributed by atoms with E-state index >= 15 is 0 Å². The van der Waals surface area contributed by atoms with Crippen molar-refractivity contribution in [3.63, 3.8) is 0 Å². The molecule has 1 aliphatic heterocycles. The van der Waals surface area contributed by atoms with E-state index in [1.807, 2.05) is 0 Å². The lowest BCUT2D eigenvalue weighted by Crippen LogP contribution is -2.16. The highest BCUT2D eigenvalue weighted by atomic mass is 35.5. The number of hydrogen-bond donors (Lipinski definition) is 1. The summed E-state index contributed by atoms with van der Waals surface area (Å²) < 4.78 is 10.3. The first-order chi connectivity index (χ1) is 12.1.